The van der Waals surface area contributed by atoms with Crippen LogP contribution >= 0.6 is 0 Å². The van der Waals surface area contributed by atoms with Crippen LogP contribution in [0.3, 0.4) is 0 Å². The van der Waals surface area contributed by atoms with E-state index in [0.717, 1.165) is 43.1 Å². The quantitative estimate of drug-likeness (QED) is 0.665. The van der Waals surface area contributed by atoms with Crippen LogP contribution in [0.15, 0.2) is 0 Å². The molecular formula is C24H40O3. The van der Waals surface area contributed by atoms with Gasteiger partial charge in [-0.05, 0) is 112 Å². The van der Waals surface area contributed by atoms with E-state index >= 15 is 0 Å². The normalized spacial score (nSPS) is 55.4. The number of fused-ring (bicyclic) bond motifs is 5. The maximum Gasteiger partial charge on any atom is 0.157 e. The molecule has 5 fully saturated rings. The Balaban J connectivity index is 1.27. The van der Waals surface area contributed by atoms with Gasteiger partial charge in [-0.1, -0.05) is 13.8 Å². The van der Waals surface area contributed by atoms with Gasteiger partial charge in [0.25, 0.3) is 0 Å². The second kappa shape index (κ2) is 6.99. The lowest BCUT2D eigenvalue weighted by Gasteiger charge is -2.61. The van der Waals surface area contributed by atoms with Crippen LogP contribution in [0.1, 0.15) is 90.9 Å². The number of aliphatic hydroxyl groups excluding tert-OH is 1. The molecule has 0 radical (unpaired) electrons. The molecule has 0 amide bonds. The Morgan fingerprint density at radius 1 is 0.852 bits per heavy atom. The average Bonchev–Trinajstić information content (AvgIpc) is 2.98. The topological polar surface area (TPSA) is 38.7 Å². The third-order valence-electron chi connectivity index (χ3n) is 10.0. The van der Waals surface area contributed by atoms with Crippen LogP contribution in [0, 0.1) is 34.5 Å². The summed E-state index contributed by atoms with van der Waals surface area (Å²) in [6.07, 6.45) is 15.5. The second-order valence-corrected chi connectivity index (χ2v) is 11.1. The fraction of sp³-hybridized carbons (Fsp3) is 1.00. The molecule has 0 unspecified atom stereocenters. The minimum Gasteiger partial charge on any atom is -0.393 e. The fourth-order valence-electron chi connectivity index (χ4n) is 8.35. The van der Waals surface area contributed by atoms with Crippen molar-refractivity contribution in [2.45, 2.75) is 109 Å². The van der Waals surface area contributed by atoms with Crippen molar-refractivity contribution in [2.75, 3.05) is 6.61 Å². The molecule has 5 rings (SSSR count). The van der Waals surface area contributed by atoms with Crippen molar-refractivity contribution in [3.05, 3.63) is 0 Å². The van der Waals surface area contributed by atoms with Crippen molar-refractivity contribution >= 4 is 0 Å². The average molecular weight is 377 g/mol. The molecule has 1 saturated heterocycles. The van der Waals surface area contributed by atoms with E-state index in [9.17, 15) is 5.11 Å². The predicted octanol–water partition coefficient (Wildman–Crippen LogP) is 5.30. The zero-order valence-electron chi connectivity index (χ0n) is 17.5. The molecule has 154 valence electrons. The summed E-state index contributed by atoms with van der Waals surface area (Å²) < 4.78 is 12.3. The fourth-order valence-corrected chi connectivity index (χ4v) is 8.35. The molecule has 0 aromatic carbocycles. The van der Waals surface area contributed by atoms with Crippen LogP contribution in [0.25, 0.3) is 0 Å². The van der Waals surface area contributed by atoms with Gasteiger partial charge < -0.3 is 14.6 Å². The summed E-state index contributed by atoms with van der Waals surface area (Å²) in [5, 5.41) is 10.6. The van der Waals surface area contributed by atoms with E-state index in [1.54, 1.807) is 0 Å². The Labute approximate surface area is 165 Å². The van der Waals surface area contributed by atoms with Crippen molar-refractivity contribution < 1.29 is 14.6 Å². The maximum atomic E-state index is 10.6. The van der Waals surface area contributed by atoms with Crippen LogP contribution in [0.4, 0.5) is 0 Å². The van der Waals surface area contributed by atoms with Gasteiger partial charge in [0.05, 0.1) is 12.2 Å². The lowest BCUT2D eigenvalue weighted by atomic mass is 9.45. The van der Waals surface area contributed by atoms with Crippen molar-refractivity contribution in [2.24, 2.45) is 34.5 Å². The van der Waals surface area contributed by atoms with Gasteiger partial charge in [0, 0.05) is 6.61 Å². The number of hydrogen-bond acceptors (Lipinski definition) is 3. The second-order valence-electron chi connectivity index (χ2n) is 11.1. The Morgan fingerprint density at radius 2 is 1.67 bits per heavy atom. The first-order valence-electron chi connectivity index (χ1n) is 12.0. The SMILES string of the molecule is C[C@@]12CC[C@H]3[C@@H](CC[C@H]4C[C@H](O[C@@H]5CCCCO5)CC[C@]43C)[C@H]1CC[C@@H]2O. The Kier molecular flexibility index (Phi) is 4.89. The van der Waals surface area contributed by atoms with E-state index in [2.05, 4.69) is 13.8 Å². The first-order chi connectivity index (χ1) is 13.0. The van der Waals surface area contributed by atoms with Crippen molar-refractivity contribution in [1.82, 2.24) is 0 Å². The van der Waals surface area contributed by atoms with Crippen LogP contribution in [-0.2, 0) is 9.47 Å². The lowest BCUT2D eigenvalue weighted by molar-refractivity contribution is -0.212. The van der Waals surface area contributed by atoms with E-state index < -0.39 is 0 Å². The molecule has 0 bridgehead atoms. The molecule has 5 aliphatic rings. The Bertz CT molecular complexity index is 544. The van der Waals surface area contributed by atoms with Gasteiger partial charge >= 0.3 is 0 Å². The molecule has 3 heteroatoms. The minimum atomic E-state index is -0.0476. The smallest absolute Gasteiger partial charge is 0.157 e. The van der Waals surface area contributed by atoms with E-state index in [1.165, 1.54) is 64.2 Å². The third kappa shape index (κ3) is 3.02. The Morgan fingerprint density at radius 3 is 2.48 bits per heavy atom. The van der Waals surface area contributed by atoms with E-state index in [-0.39, 0.29) is 17.8 Å². The van der Waals surface area contributed by atoms with Gasteiger partial charge in [-0.25, -0.2) is 0 Å². The van der Waals surface area contributed by atoms with E-state index in [1.807, 2.05) is 0 Å². The van der Waals surface area contributed by atoms with Crippen LogP contribution in [-0.4, -0.2) is 30.2 Å². The van der Waals surface area contributed by atoms with Gasteiger partial charge in [0.2, 0.25) is 0 Å². The van der Waals surface area contributed by atoms with Crippen molar-refractivity contribution in [3.63, 3.8) is 0 Å². The van der Waals surface area contributed by atoms with Crippen LogP contribution in [0.2, 0.25) is 0 Å². The van der Waals surface area contributed by atoms with E-state index in [4.69, 9.17) is 9.47 Å². The molecule has 1 N–H and O–H groups in total. The zero-order chi connectivity index (χ0) is 18.6. The summed E-state index contributed by atoms with van der Waals surface area (Å²) in [7, 11) is 0. The summed E-state index contributed by atoms with van der Waals surface area (Å²) >= 11 is 0. The molecule has 27 heavy (non-hydrogen) atoms. The summed E-state index contributed by atoms with van der Waals surface area (Å²) in [5.41, 5.74) is 0.716. The summed E-state index contributed by atoms with van der Waals surface area (Å²) in [4.78, 5) is 0. The van der Waals surface area contributed by atoms with Crippen LogP contribution in [0.5, 0.6) is 0 Å². The third-order valence-corrected chi connectivity index (χ3v) is 10.0. The van der Waals surface area contributed by atoms with Gasteiger partial charge in [-0.2, -0.15) is 0 Å². The number of hydrogen-bond donors (Lipinski definition) is 1. The minimum absolute atomic E-state index is 0.0476. The van der Waals surface area contributed by atoms with E-state index in [0.29, 0.717) is 11.5 Å². The largest absolute Gasteiger partial charge is 0.393 e. The zero-order valence-corrected chi connectivity index (χ0v) is 17.5. The molecule has 1 heterocycles. The summed E-state index contributed by atoms with van der Waals surface area (Å²) in [5.74, 6) is 3.35. The highest BCUT2D eigenvalue weighted by molar-refractivity contribution is 5.09. The molecule has 3 nitrogen and oxygen atoms in total. The molecule has 9 atom stereocenters. The van der Waals surface area contributed by atoms with Gasteiger partial charge in [0.15, 0.2) is 6.29 Å². The maximum absolute atomic E-state index is 10.6. The van der Waals surface area contributed by atoms with Gasteiger partial charge in [0.1, 0.15) is 0 Å². The molecule has 0 spiro atoms. The van der Waals surface area contributed by atoms with Crippen molar-refractivity contribution in [3.8, 4) is 0 Å². The summed E-state index contributed by atoms with van der Waals surface area (Å²) in [6.45, 7) is 5.90. The molecule has 4 aliphatic carbocycles. The molecular weight excluding hydrogens is 336 g/mol. The monoisotopic (exact) mass is 376 g/mol. The predicted molar refractivity (Wildman–Crippen MR) is 106 cm³/mol. The highest BCUT2D eigenvalue weighted by Gasteiger charge is 2.60. The molecule has 1 aliphatic heterocycles. The van der Waals surface area contributed by atoms with Crippen molar-refractivity contribution in [1.29, 1.82) is 0 Å². The lowest BCUT2D eigenvalue weighted by Crippen LogP contribution is -2.54. The molecule has 0 aromatic heterocycles. The summed E-state index contributed by atoms with van der Waals surface area (Å²) in [6, 6.07) is 0. The van der Waals surface area contributed by atoms with Gasteiger partial charge in [-0.3, -0.25) is 0 Å². The highest BCUT2D eigenvalue weighted by Crippen LogP contribution is 2.66. The number of aliphatic hydroxyl groups is 1. The highest BCUT2D eigenvalue weighted by atomic mass is 16.7. The van der Waals surface area contributed by atoms with Gasteiger partial charge in [-0.15, -0.1) is 0 Å². The molecule has 4 saturated carbocycles. The first kappa shape index (κ1) is 18.9. The standard InChI is InChI=1S/C24H40O3/c1-23-12-10-17(27-22-5-3-4-14-26-22)15-16(23)6-7-18-19-8-9-21(25)24(19,2)13-11-20(18)23/h16-22,25H,3-15H2,1-2H3/t16-,17+,18-,19+,20-,21-,22+,23+,24+/m0/s1. The van der Waals surface area contributed by atoms with Crippen LogP contribution < -0.4 is 0 Å². The first-order valence-corrected chi connectivity index (χ1v) is 12.0. The number of rotatable bonds is 2. The Hall–Kier alpha value is -0.120. The number of ether oxygens (including phenoxy) is 2. The molecule has 0 aromatic rings.